The van der Waals surface area contributed by atoms with Crippen LogP contribution in [0.15, 0.2) is 0 Å². The van der Waals surface area contributed by atoms with E-state index in [1.54, 1.807) is 0 Å². The summed E-state index contributed by atoms with van der Waals surface area (Å²) in [6.45, 7) is 4.31. The molecule has 0 amide bonds. The highest BCUT2D eigenvalue weighted by molar-refractivity contribution is 4.80. The van der Waals surface area contributed by atoms with Crippen molar-refractivity contribution in [1.82, 2.24) is 4.90 Å². The van der Waals surface area contributed by atoms with E-state index in [1.807, 2.05) is 0 Å². The standard InChI is InChI=1S/C10H19NO/c1-11-5-6-12-8-10(7-11)9-3-2-4-9/h9-10H,2-8H2,1H3. The number of hydrogen-bond donors (Lipinski definition) is 0. The Balaban J connectivity index is 1.85. The van der Waals surface area contributed by atoms with Gasteiger partial charge in [0.25, 0.3) is 0 Å². The van der Waals surface area contributed by atoms with E-state index in [0.29, 0.717) is 0 Å². The molecule has 2 nitrogen and oxygen atoms in total. The average Bonchev–Trinajstić information content (AvgIpc) is 2.10. The van der Waals surface area contributed by atoms with Crippen molar-refractivity contribution in [2.45, 2.75) is 19.3 Å². The van der Waals surface area contributed by atoms with E-state index < -0.39 is 0 Å². The molecule has 0 spiro atoms. The summed E-state index contributed by atoms with van der Waals surface area (Å²) in [5.41, 5.74) is 0. The maximum absolute atomic E-state index is 5.59. The molecule has 70 valence electrons. The van der Waals surface area contributed by atoms with Gasteiger partial charge in [-0.05, 0) is 18.9 Å². The second-order valence-corrected chi connectivity index (χ2v) is 4.29. The van der Waals surface area contributed by atoms with E-state index in [0.717, 1.165) is 31.6 Å². The van der Waals surface area contributed by atoms with Gasteiger partial charge in [-0.3, -0.25) is 0 Å². The molecule has 2 fully saturated rings. The van der Waals surface area contributed by atoms with Crippen LogP contribution in [-0.2, 0) is 4.74 Å². The van der Waals surface area contributed by atoms with Crippen molar-refractivity contribution >= 4 is 0 Å². The van der Waals surface area contributed by atoms with E-state index in [2.05, 4.69) is 11.9 Å². The number of hydrogen-bond acceptors (Lipinski definition) is 2. The number of likely N-dealkylation sites (N-methyl/N-ethyl adjacent to an activating group) is 1. The molecule has 1 aliphatic heterocycles. The van der Waals surface area contributed by atoms with Gasteiger partial charge in [0.1, 0.15) is 0 Å². The fourth-order valence-electron chi connectivity index (χ4n) is 2.20. The monoisotopic (exact) mass is 169 g/mol. The maximum atomic E-state index is 5.59. The van der Waals surface area contributed by atoms with Gasteiger partial charge in [-0.15, -0.1) is 0 Å². The van der Waals surface area contributed by atoms with E-state index in [4.69, 9.17) is 4.74 Å². The Hall–Kier alpha value is -0.0800. The van der Waals surface area contributed by atoms with Crippen molar-refractivity contribution in [1.29, 1.82) is 0 Å². The van der Waals surface area contributed by atoms with Crippen LogP contribution in [0.25, 0.3) is 0 Å². The first kappa shape index (κ1) is 8.52. The van der Waals surface area contributed by atoms with Crippen molar-refractivity contribution in [3.63, 3.8) is 0 Å². The zero-order valence-electron chi connectivity index (χ0n) is 7.96. The molecule has 0 aromatic rings. The third-order valence-corrected chi connectivity index (χ3v) is 3.31. The van der Waals surface area contributed by atoms with Gasteiger partial charge in [-0.1, -0.05) is 19.3 Å². The van der Waals surface area contributed by atoms with E-state index in [1.165, 1.54) is 25.8 Å². The van der Waals surface area contributed by atoms with Crippen LogP contribution in [0.5, 0.6) is 0 Å². The number of rotatable bonds is 1. The largest absolute Gasteiger partial charge is 0.380 e. The van der Waals surface area contributed by atoms with Gasteiger partial charge in [0, 0.05) is 13.1 Å². The zero-order valence-corrected chi connectivity index (χ0v) is 7.96. The Morgan fingerprint density at radius 2 is 2.08 bits per heavy atom. The summed E-state index contributed by atoms with van der Waals surface area (Å²) in [6, 6.07) is 0. The maximum Gasteiger partial charge on any atom is 0.0593 e. The van der Waals surface area contributed by atoms with Crippen LogP contribution in [0.4, 0.5) is 0 Å². The zero-order chi connectivity index (χ0) is 8.39. The molecule has 1 atom stereocenters. The molecule has 1 unspecified atom stereocenters. The van der Waals surface area contributed by atoms with E-state index in [9.17, 15) is 0 Å². The summed E-state index contributed by atoms with van der Waals surface area (Å²) in [5.74, 6) is 1.80. The number of nitrogens with zero attached hydrogens (tertiary/aromatic N) is 1. The molecule has 12 heavy (non-hydrogen) atoms. The van der Waals surface area contributed by atoms with Crippen LogP contribution < -0.4 is 0 Å². The SMILES string of the molecule is CN1CCOCC(C2CCC2)C1. The van der Waals surface area contributed by atoms with Gasteiger partial charge < -0.3 is 9.64 Å². The van der Waals surface area contributed by atoms with Crippen LogP contribution in [0.1, 0.15) is 19.3 Å². The van der Waals surface area contributed by atoms with Crippen LogP contribution in [-0.4, -0.2) is 38.3 Å². The third-order valence-electron chi connectivity index (χ3n) is 3.31. The van der Waals surface area contributed by atoms with Crippen LogP contribution in [0, 0.1) is 11.8 Å². The van der Waals surface area contributed by atoms with Crippen molar-refractivity contribution in [2.24, 2.45) is 11.8 Å². The minimum absolute atomic E-state index is 0.825. The van der Waals surface area contributed by atoms with Crippen LogP contribution in [0.2, 0.25) is 0 Å². The first-order chi connectivity index (χ1) is 5.86. The summed E-state index contributed by atoms with van der Waals surface area (Å²) in [7, 11) is 2.21. The van der Waals surface area contributed by atoms with Crippen molar-refractivity contribution in [3.05, 3.63) is 0 Å². The molecular formula is C10H19NO. The minimum Gasteiger partial charge on any atom is -0.380 e. The van der Waals surface area contributed by atoms with Gasteiger partial charge in [-0.25, -0.2) is 0 Å². The number of ether oxygens (including phenoxy) is 1. The van der Waals surface area contributed by atoms with Gasteiger partial charge in [-0.2, -0.15) is 0 Å². The summed E-state index contributed by atoms with van der Waals surface area (Å²) in [5, 5.41) is 0. The quantitative estimate of drug-likeness (QED) is 0.588. The smallest absolute Gasteiger partial charge is 0.0593 e. The Bertz CT molecular complexity index is 145. The van der Waals surface area contributed by atoms with Crippen LogP contribution >= 0.6 is 0 Å². The lowest BCUT2D eigenvalue weighted by atomic mass is 9.76. The highest BCUT2D eigenvalue weighted by atomic mass is 16.5. The Morgan fingerprint density at radius 1 is 1.25 bits per heavy atom. The first-order valence-electron chi connectivity index (χ1n) is 5.12. The van der Waals surface area contributed by atoms with Gasteiger partial charge in [0.05, 0.1) is 13.2 Å². The summed E-state index contributed by atoms with van der Waals surface area (Å²) < 4.78 is 5.59. The van der Waals surface area contributed by atoms with E-state index >= 15 is 0 Å². The fourth-order valence-corrected chi connectivity index (χ4v) is 2.20. The summed E-state index contributed by atoms with van der Waals surface area (Å²) in [6.07, 6.45) is 4.34. The summed E-state index contributed by atoms with van der Waals surface area (Å²) >= 11 is 0. The van der Waals surface area contributed by atoms with Crippen molar-refractivity contribution < 1.29 is 4.74 Å². The predicted molar refractivity (Wildman–Crippen MR) is 49.1 cm³/mol. The topological polar surface area (TPSA) is 12.5 Å². The molecule has 1 saturated carbocycles. The first-order valence-corrected chi connectivity index (χ1v) is 5.12. The average molecular weight is 169 g/mol. The Labute approximate surface area is 74.9 Å². The molecule has 1 heterocycles. The Morgan fingerprint density at radius 3 is 2.75 bits per heavy atom. The molecule has 0 aromatic heterocycles. The van der Waals surface area contributed by atoms with Gasteiger partial charge in [0.2, 0.25) is 0 Å². The van der Waals surface area contributed by atoms with Crippen LogP contribution in [0.3, 0.4) is 0 Å². The van der Waals surface area contributed by atoms with E-state index in [-0.39, 0.29) is 0 Å². The lowest BCUT2D eigenvalue weighted by molar-refractivity contribution is 0.0774. The summed E-state index contributed by atoms with van der Waals surface area (Å²) in [4.78, 5) is 2.41. The molecule has 0 N–H and O–H groups in total. The van der Waals surface area contributed by atoms with Crippen molar-refractivity contribution in [3.8, 4) is 0 Å². The molecule has 2 rings (SSSR count). The molecule has 2 heteroatoms. The second kappa shape index (κ2) is 3.75. The molecule has 1 saturated heterocycles. The highest BCUT2D eigenvalue weighted by Crippen LogP contribution is 2.34. The third kappa shape index (κ3) is 1.80. The van der Waals surface area contributed by atoms with Gasteiger partial charge in [0.15, 0.2) is 0 Å². The molecule has 0 radical (unpaired) electrons. The van der Waals surface area contributed by atoms with Gasteiger partial charge >= 0.3 is 0 Å². The Kier molecular flexibility index (Phi) is 2.66. The lowest BCUT2D eigenvalue weighted by Gasteiger charge is -2.34. The predicted octanol–water partition coefficient (Wildman–Crippen LogP) is 1.36. The molecular weight excluding hydrogens is 150 g/mol. The molecule has 1 aliphatic carbocycles. The molecule has 0 aromatic carbocycles. The lowest BCUT2D eigenvalue weighted by Crippen LogP contribution is -2.33. The molecule has 2 aliphatic rings. The highest BCUT2D eigenvalue weighted by Gasteiger charge is 2.29. The normalized spacial score (nSPS) is 34.2. The van der Waals surface area contributed by atoms with Crippen molar-refractivity contribution in [2.75, 3.05) is 33.4 Å². The second-order valence-electron chi connectivity index (χ2n) is 4.29. The minimum atomic E-state index is 0.825. The fraction of sp³-hybridized carbons (Fsp3) is 1.00. The molecule has 0 bridgehead atoms.